The van der Waals surface area contributed by atoms with Crippen molar-refractivity contribution in [3.63, 3.8) is 0 Å². The summed E-state index contributed by atoms with van der Waals surface area (Å²) in [7, 11) is 0. The molecule has 7 aromatic rings. The third-order valence-corrected chi connectivity index (χ3v) is 12.4. The summed E-state index contributed by atoms with van der Waals surface area (Å²) in [6, 6.07) is 36.1. The Kier molecular flexibility index (Phi) is 26.4. The molecule has 0 fully saturated rings. The fraction of sp³-hybridized carbons (Fsp3) is 0.507. The van der Waals surface area contributed by atoms with E-state index in [0.717, 1.165) is 79.9 Å². The maximum atomic E-state index is 5.66. The molecule has 0 spiro atoms. The first-order chi connectivity index (χ1) is 35.4. The highest BCUT2D eigenvalue weighted by Gasteiger charge is 2.21. The minimum absolute atomic E-state index is 0.157. The molecule has 414 valence electrons. The van der Waals surface area contributed by atoms with Crippen LogP contribution >= 0.6 is 0 Å². The van der Waals surface area contributed by atoms with Crippen molar-refractivity contribution in [2.45, 2.75) is 206 Å². The van der Waals surface area contributed by atoms with Crippen molar-refractivity contribution in [1.29, 1.82) is 0 Å². The molecule has 0 atom stereocenters. The van der Waals surface area contributed by atoms with E-state index >= 15 is 0 Å². The van der Waals surface area contributed by atoms with Crippen LogP contribution in [-0.4, -0.2) is 26.4 Å². The molecular weight excluding hydrogens is 925 g/mol. The average molecular weight is 1030 g/mol. The monoisotopic (exact) mass is 1030 g/mol. The van der Waals surface area contributed by atoms with E-state index in [9.17, 15) is 0 Å². The summed E-state index contributed by atoms with van der Waals surface area (Å²) in [6.07, 6.45) is 6.56. The Morgan fingerprint density at radius 2 is 0.680 bits per heavy atom. The van der Waals surface area contributed by atoms with Crippen molar-refractivity contribution in [2.24, 2.45) is 0 Å². The van der Waals surface area contributed by atoms with Crippen LogP contribution in [0.15, 0.2) is 124 Å². The van der Waals surface area contributed by atoms with Crippen LogP contribution in [0.4, 0.5) is 0 Å². The lowest BCUT2D eigenvalue weighted by Crippen LogP contribution is -2.11. The zero-order valence-corrected chi connectivity index (χ0v) is 51.4. The van der Waals surface area contributed by atoms with Crippen molar-refractivity contribution in [1.82, 2.24) is 0 Å². The molecule has 0 saturated carbocycles. The molecule has 6 nitrogen and oxygen atoms in total. The molecular formula is C69H102O6. The Labute approximate surface area is 457 Å². The molecule has 0 saturated heterocycles. The van der Waals surface area contributed by atoms with E-state index in [1.54, 1.807) is 12.5 Å². The molecule has 6 heteroatoms. The van der Waals surface area contributed by atoms with Gasteiger partial charge in [-0.05, 0) is 121 Å². The van der Waals surface area contributed by atoms with Crippen LogP contribution in [0.2, 0.25) is 0 Å². The van der Waals surface area contributed by atoms with Crippen LogP contribution in [0.25, 0.3) is 21.9 Å². The summed E-state index contributed by atoms with van der Waals surface area (Å²) in [4.78, 5) is 0. The van der Waals surface area contributed by atoms with Crippen LogP contribution < -0.4 is 18.9 Å². The predicted molar refractivity (Wildman–Crippen MR) is 325 cm³/mol. The molecule has 5 heterocycles. The molecule has 75 heavy (non-hydrogen) atoms. The first-order valence-corrected chi connectivity index (χ1v) is 28.2. The molecule has 0 amide bonds. The van der Waals surface area contributed by atoms with Gasteiger partial charge >= 0.3 is 0 Å². The number of benzene rings is 5. The minimum Gasteiger partial charge on any atom is -0.493 e. The summed E-state index contributed by atoms with van der Waals surface area (Å²) in [5.74, 6) is 3.93. The highest BCUT2D eigenvalue weighted by atomic mass is 16.5. The third kappa shape index (κ3) is 20.5. The van der Waals surface area contributed by atoms with Gasteiger partial charge in [-0.2, -0.15) is 0 Å². The van der Waals surface area contributed by atoms with E-state index in [2.05, 4.69) is 183 Å². The largest absolute Gasteiger partial charge is 0.493 e. The van der Waals surface area contributed by atoms with Gasteiger partial charge in [0.25, 0.3) is 0 Å². The summed E-state index contributed by atoms with van der Waals surface area (Å²) in [5.41, 5.74) is 12.4. The Morgan fingerprint density at radius 1 is 0.293 bits per heavy atom. The van der Waals surface area contributed by atoms with Gasteiger partial charge in [0, 0.05) is 30.0 Å². The van der Waals surface area contributed by atoms with Gasteiger partial charge in [-0.3, -0.25) is 0 Å². The zero-order valence-electron chi connectivity index (χ0n) is 51.4. The number of hydrogen-bond acceptors (Lipinski definition) is 6. The van der Waals surface area contributed by atoms with E-state index in [0.29, 0.717) is 0 Å². The van der Waals surface area contributed by atoms with Crippen molar-refractivity contribution >= 4 is 21.9 Å². The molecule has 5 aromatic carbocycles. The molecule has 0 bridgehead atoms. The quantitative estimate of drug-likeness (QED) is 0.151. The van der Waals surface area contributed by atoms with Crippen molar-refractivity contribution in [2.75, 3.05) is 26.4 Å². The standard InChI is InChI=1S/C13H18O2.C12H16O.C12H14O.C12H16O.C12H14O.4C2H6/c1-13(2,3)10-5-6-11-12(9-10)15-8-4-7-14-11;2*1-12(2,3)10-4-5-11-9(8-10)6-7-13-11;2*1-12(2,3)10-5-4-9-6-7-13-11(9)8-10;4*1-2/h5-6,9H,4,7-8H2,1-3H3;4-5,8H,6-7H2,1-3H3;4-8H,1-3H3;4-5,8H,6-7H2,1-3H3;4-8H,1-3H3;4*1-2H3. The van der Waals surface area contributed by atoms with E-state index in [4.69, 9.17) is 27.8 Å². The molecule has 0 N–H and O–H groups in total. The summed E-state index contributed by atoms with van der Waals surface area (Å²) in [5, 5.41) is 2.36. The lowest BCUT2D eigenvalue weighted by Gasteiger charge is -2.20. The number of fused-ring (bicyclic) bond motifs is 5. The van der Waals surface area contributed by atoms with Gasteiger partial charge in [0.15, 0.2) is 11.5 Å². The second-order valence-corrected chi connectivity index (χ2v) is 23.2. The smallest absolute Gasteiger partial charge is 0.161 e. The van der Waals surface area contributed by atoms with E-state index in [1.807, 2.05) is 79.7 Å². The third-order valence-electron chi connectivity index (χ3n) is 12.4. The van der Waals surface area contributed by atoms with Crippen LogP contribution in [0.3, 0.4) is 0 Å². The van der Waals surface area contributed by atoms with Gasteiger partial charge in [-0.25, -0.2) is 0 Å². The molecule has 2 aromatic heterocycles. The molecule has 3 aliphatic rings. The molecule has 10 rings (SSSR count). The average Bonchev–Trinajstić information content (AvgIpc) is 4.22. The van der Waals surface area contributed by atoms with Gasteiger partial charge in [-0.15, -0.1) is 0 Å². The fourth-order valence-electron chi connectivity index (χ4n) is 7.77. The Balaban J connectivity index is 0.000000310. The molecule has 0 radical (unpaired) electrons. The molecule has 3 aliphatic heterocycles. The first-order valence-electron chi connectivity index (χ1n) is 28.2. The van der Waals surface area contributed by atoms with Crippen LogP contribution in [-0.2, 0) is 39.9 Å². The minimum atomic E-state index is 0.157. The number of hydrogen-bond donors (Lipinski definition) is 0. The summed E-state index contributed by atoms with van der Waals surface area (Å²) in [6.45, 7) is 52.5. The van der Waals surface area contributed by atoms with E-state index < -0.39 is 0 Å². The molecule has 0 aliphatic carbocycles. The summed E-state index contributed by atoms with van der Waals surface area (Å²) >= 11 is 0. The Bertz CT molecular complexity index is 2540. The van der Waals surface area contributed by atoms with Crippen molar-refractivity contribution in [3.8, 4) is 23.0 Å². The van der Waals surface area contributed by atoms with E-state index in [-0.39, 0.29) is 27.1 Å². The number of ether oxygens (including phenoxy) is 4. The lowest BCUT2D eigenvalue weighted by molar-refractivity contribution is 0.297. The van der Waals surface area contributed by atoms with E-state index in [1.165, 1.54) is 49.7 Å². The second-order valence-electron chi connectivity index (χ2n) is 23.2. The van der Waals surface area contributed by atoms with Gasteiger partial charge in [0.2, 0.25) is 0 Å². The molecule has 0 unspecified atom stereocenters. The maximum Gasteiger partial charge on any atom is 0.161 e. The fourth-order valence-corrected chi connectivity index (χ4v) is 7.77. The lowest BCUT2D eigenvalue weighted by atomic mass is 9.86. The SMILES string of the molecule is CC.CC.CC.CC.CC(C)(C)c1ccc2c(c1)CCO2.CC(C)(C)c1ccc2c(c1)OCC2.CC(C)(C)c1ccc2c(c1)OCCCO2.CC(C)(C)c1ccc2ccoc2c1.CC(C)(C)c1ccc2occc2c1. The maximum absolute atomic E-state index is 5.66. The summed E-state index contributed by atoms with van der Waals surface area (Å²) < 4.78 is 32.9. The van der Waals surface area contributed by atoms with Gasteiger partial charge < -0.3 is 27.8 Å². The zero-order chi connectivity index (χ0) is 56.8. The van der Waals surface area contributed by atoms with Gasteiger partial charge in [0.05, 0.1) is 39.0 Å². The van der Waals surface area contributed by atoms with Gasteiger partial charge in [0.1, 0.15) is 22.7 Å². The topological polar surface area (TPSA) is 63.2 Å². The predicted octanol–water partition coefficient (Wildman–Crippen LogP) is 20.5. The Morgan fingerprint density at radius 3 is 1.24 bits per heavy atom. The number of furan rings is 2. The van der Waals surface area contributed by atoms with Crippen molar-refractivity contribution < 1.29 is 27.8 Å². The van der Waals surface area contributed by atoms with Crippen LogP contribution in [0, 0.1) is 0 Å². The highest BCUT2D eigenvalue weighted by Crippen LogP contribution is 2.36. The second kappa shape index (κ2) is 30.2. The van der Waals surface area contributed by atoms with Crippen molar-refractivity contribution in [3.05, 3.63) is 155 Å². The highest BCUT2D eigenvalue weighted by molar-refractivity contribution is 5.78. The Hall–Kier alpha value is -5.62. The number of rotatable bonds is 0. The normalized spacial score (nSPS) is 13.1. The van der Waals surface area contributed by atoms with Gasteiger partial charge in [-0.1, -0.05) is 208 Å². The first kappa shape index (κ1) is 65.5. The van der Waals surface area contributed by atoms with Crippen LogP contribution in [0.1, 0.15) is 205 Å². The van der Waals surface area contributed by atoms with Crippen LogP contribution in [0.5, 0.6) is 23.0 Å².